The van der Waals surface area contributed by atoms with Gasteiger partial charge in [0.05, 0.1) is 11.8 Å². The van der Waals surface area contributed by atoms with Gasteiger partial charge in [-0.05, 0) is 76.1 Å². The fourth-order valence-electron chi connectivity index (χ4n) is 4.19. The second kappa shape index (κ2) is 12.3. The van der Waals surface area contributed by atoms with Crippen molar-refractivity contribution in [1.29, 1.82) is 0 Å². The smallest absolute Gasteiger partial charge is 0.191 e. The molecule has 0 spiro atoms. The van der Waals surface area contributed by atoms with E-state index in [0.29, 0.717) is 12.6 Å². The number of ether oxygens (including phenoxy) is 1. The summed E-state index contributed by atoms with van der Waals surface area (Å²) in [5.74, 6) is 1.78. The van der Waals surface area contributed by atoms with Gasteiger partial charge in [0.25, 0.3) is 0 Å². The molecular weight excluding hydrogens is 501 g/mol. The average Bonchev–Trinajstić information content (AvgIpc) is 2.98. The van der Waals surface area contributed by atoms with Crippen molar-refractivity contribution in [2.75, 3.05) is 7.05 Å². The number of nitrogens with one attached hydrogen (secondary N) is 2. The summed E-state index contributed by atoms with van der Waals surface area (Å²) in [7, 11) is 3.81. The average molecular weight is 540 g/mol. The third-order valence-electron chi connectivity index (χ3n) is 5.99. The van der Waals surface area contributed by atoms with Crippen LogP contribution in [0.5, 0.6) is 5.75 Å². The lowest BCUT2D eigenvalue weighted by molar-refractivity contribution is 0.155. The molecule has 1 heterocycles. The summed E-state index contributed by atoms with van der Waals surface area (Å²) in [6.07, 6.45) is 7.54. The van der Waals surface area contributed by atoms with Crippen LogP contribution in [0, 0.1) is 13.8 Å². The molecule has 172 valence electrons. The molecule has 1 saturated carbocycles. The molecule has 0 amide bonds. The molecule has 7 heteroatoms. The molecular formula is C24H38IN5O. The summed E-state index contributed by atoms with van der Waals surface area (Å²) < 4.78 is 8.15. The highest BCUT2D eigenvalue weighted by molar-refractivity contribution is 14.0. The van der Waals surface area contributed by atoms with Crippen molar-refractivity contribution in [2.24, 2.45) is 12.0 Å². The minimum Gasteiger partial charge on any atom is -0.490 e. The Kier molecular flexibility index (Phi) is 10.1. The van der Waals surface area contributed by atoms with E-state index in [1.807, 2.05) is 18.8 Å². The van der Waals surface area contributed by atoms with Crippen molar-refractivity contribution < 1.29 is 4.74 Å². The number of nitrogens with zero attached hydrogens (tertiary/aromatic N) is 3. The molecule has 6 nitrogen and oxygen atoms in total. The lowest BCUT2D eigenvalue weighted by atomic mass is 9.98. The fourth-order valence-corrected chi connectivity index (χ4v) is 4.19. The zero-order valence-corrected chi connectivity index (χ0v) is 21.9. The van der Waals surface area contributed by atoms with Gasteiger partial charge in [0.15, 0.2) is 5.96 Å². The zero-order chi connectivity index (χ0) is 21.5. The van der Waals surface area contributed by atoms with E-state index < -0.39 is 0 Å². The van der Waals surface area contributed by atoms with E-state index >= 15 is 0 Å². The molecule has 1 aromatic heterocycles. The second-order valence-corrected chi connectivity index (χ2v) is 8.47. The van der Waals surface area contributed by atoms with Gasteiger partial charge in [-0.1, -0.05) is 18.6 Å². The molecule has 1 aliphatic carbocycles. The summed E-state index contributed by atoms with van der Waals surface area (Å²) in [6.45, 7) is 7.08. The first kappa shape index (κ1) is 25.5. The van der Waals surface area contributed by atoms with Crippen LogP contribution in [-0.2, 0) is 20.0 Å². The van der Waals surface area contributed by atoms with Gasteiger partial charge in [0.1, 0.15) is 5.75 Å². The maximum atomic E-state index is 6.20. The molecule has 1 atom stereocenters. The van der Waals surface area contributed by atoms with Crippen molar-refractivity contribution in [3.8, 4) is 5.75 Å². The quantitative estimate of drug-likeness (QED) is 0.305. The Morgan fingerprint density at radius 1 is 1.26 bits per heavy atom. The van der Waals surface area contributed by atoms with Gasteiger partial charge in [-0.15, -0.1) is 24.0 Å². The number of aryl methyl sites for hydroxylation is 2. The molecule has 1 aliphatic rings. The molecule has 3 rings (SSSR count). The topological polar surface area (TPSA) is 63.5 Å². The number of rotatable bonds is 7. The molecule has 0 aliphatic heterocycles. The Morgan fingerprint density at radius 3 is 2.65 bits per heavy atom. The van der Waals surface area contributed by atoms with E-state index in [1.165, 1.54) is 48.9 Å². The summed E-state index contributed by atoms with van der Waals surface area (Å²) in [6, 6.07) is 8.65. The second-order valence-electron chi connectivity index (χ2n) is 8.47. The fraction of sp³-hybridized carbons (Fsp3) is 0.583. The zero-order valence-electron chi connectivity index (χ0n) is 19.6. The highest BCUT2D eigenvalue weighted by Gasteiger charge is 2.16. The Bertz CT molecular complexity index is 858. The minimum absolute atomic E-state index is 0. The predicted molar refractivity (Wildman–Crippen MR) is 139 cm³/mol. The van der Waals surface area contributed by atoms with Crippen LogP contribution in [0.1, 0.15) is 61.5 Å². The number of benzene rings is 1. The van der Waals surface area contributed by atoms with Crippen LogP contribution in [0.2, 0.25) is 0 Å². The first-order chi connectivity index (χ1) is 14.5. The molecule has 1 aromatic carbocycles. The van der Waals surface area contributed by atoms with Crippen LogP contribution < -0.4 is 15.4 Å². The molecule has 2 N–H and O–H groups in total. The standard InChI is InChI=1S/C24H37N5O.HI/c1-17(14-23-18(2)28-29(5)19(23)3)27-24(25-4)26-16-20-10-9-13-22(15-20)30-21-11-7-6-8-12-21;/h9-10,13,15,17,21H,6-8,11-12,14,16H2,1-5H3,(H2,25,26,27);1H. The number of hydrogen-bond donors (Lipinski definition) is 2. The van der Waals surface area contributed by atoms with Crippen molar-refractivity contribution in [2.45, 2.75) is 78.0 Å². The van der Waals surface area contributed by atoms with Crippen LogP contribution in [0.4, 0.5) is 0 Å². The lowest BCUT2D eigenvalue weighted by Gasteiger charge is -2.23. The van der Waals surface area contributed by atoms with E-state index in [4.69, 9.17) is 4.74 Å². The highest BCUT2D eigenvalue weighted by atomic mass is 127. The van der Waals surface area contributed by atoms with E-state index in [9.17, 15) is 0 Å². The predicted octanol–water partition coefficient (Wildman–Crippen LogP) is 4.66. The number of hydrogen-bond acceptors (Lipinski definition) is 3. The van der Waals surface area contributed by atoms with Crippen molar-refractivity contribution in [3.63, 3.8) is 0 Å². The van der Waals surface area contributed by atoms with Crippen LogP contribution in [0.15, 0.2) is 29.3 Å². The molecule has 31 heavy (non-hydrogen) atoms. The van der Waals surface area contributed by atoms with Gasteiger partial charge in [-0.25, -0.2) is 0 Å². The van der Waals surface area contributed by atoms with Gasteiger partial charge >= 0.3 is 0 Å². The molecule has 2 aromatic rings. The normalized spacial score (nSPS) is 15.8. The Hall–Kier alpha value is -1.77. The summed E-state index contributed by atoms with van der Waals surface area (Å²) in [5.41, 5.74) is 4.82. The molecule has 1 unspecified atom stereocenters. The number of aromatic nitrogens is 2. The number of halogens is 1. The first-order valence-electron chi connectivity index (χ1n) is 11.2. The van der Waals surface area contributed by atoms with Gasteiger partial charge in [0, 0.05) is 32.4 Å². The lowest BCUT2D eigenvalue weighted by Crippen LogP contribution is -2.42. The van der Waals surface area contributed by atoms with E-state index in [1.54, 1.807) is 0 Å². The Morgan fingerprint density at radius 2 is 2.00 bits per heavy atom. The summed E-state index contributed by atoms with van der Waals surface area (Å²) in [4.78, 5) is 4.39. The summed E-state index contributed by atoms with van der Waals surface area (Å²) in [5, 5.41) is 11.5. The largest absolute Gasteiger partial charge is 0.490 e. The third-order valence-corrected chi connectivity index (χ3v) is 5.99. The van der Waals surface area contributed by atoms with Gasteiger partial charge in [-0.2, -0.15) is 5.10 Å². The first-order valence-corrected chi connectivity index (χ1v) is 11.2. The third kappa shape index (κ3) is 7.40. The van der Waals surface area contributed by atoms with Gasteiger partial charge in [0.2, 0.25) is 0 Å². The molecule has 0 bridgehead atoms. The van der Waals surface area contributed by atoms with E-state index in [2.05, 4.69) is 65.8 Å². The van der Waals surface area contributed by atoms with Crippen LogP contribution in [-0.4, -0.2) is 34.9 Å². The van der Waals surface area contributed by atoms with Crippen molar-refractivity contribution >= 4 is 29.9 Å². The van der Waals surface area contributed by atoms with Crippen molar-refractivity contribution in [1.82, 2.24) is 20.4 Å². The van der Waals surface area contributed by atoms with Gasteiger partial charge < -0.3 is 15.4 Å². The summed E-state index contributed by atoms with van der Waals surface area (Å²) >= 11 is 0. The van der Waals surface area contributed by atoms with E-state index in [0.717, 1.165) is 23.8 Å². The molecule has 1 fully saturated rings. The maximum Gasteiger partial charge on any atom is 0.191 e. The van der Waals surface area contributed by atoms with Gasteiger partial charge in [-0.3, -0.25) is 9.67 Å². The molecule has 0 saturated heterocycles. The Balaban J connectivity index is 0.00000341. The minimum atomic E-state index is 0. The van der Waals surface area contributed by atoms with Crippen LogP contribution in [0.25, 0.3) is 0 Å². The van der Waals surface area contributed by atoms with Crippen molar-refractivity contribution in [3.05, 3.63) is 46.8 Å². The highest BCUT2D eigenvalue weighted by Crippen LogP contribution is 2.24. The van der Waals surface area contributed by atoms with E-state index in [-0.39, 0.29) is 30.0 Å². The number of guanidine groups is 1. The maximum absolute atomic E-state index is 6.20. The molecule has 0 radical (unpaired) electrons. The van der Waals surface area contributed by atoms with Crippen LogP contribution >= 0.6 is 24.0 Å². The Labute approximate surface area is 204 Å². The monoisotopic (exact) mass is 539 g/mol. The SMILES string of the molecule is CN=C(NCc1cccc(OC2CCCCC2)c1)NC(C)Cc1c(C)nn(C)c1C.I. The van der Waals surface area contributed by atoms with Crippen LogP contribution in [0.3, 0.4) is 0 Å². The number of aliphatic imine (C=N–C) groups is 1.